The summed E-state index contributed by atoms with van der Waals surface area (Å²) in [6, 6.07) is 0. The molecule has 1 rings (SSSR count). The first-order chi connectivity index (χ1) is 8.27. The van der Waals surface area contributed by atoms with E-state index in [1.165, 1.54) is 31.5 Å². The summed E-state index contributed by atoms with van der Waals surface area (Å²) in [6.45, 7) is 6.79. The summed E-state index contributed by atoms with van der Waals surface area (Å²) in [6.07, 6.45) is 10.1. The number of rotatable bonds is 9. The molecule has 17 heavy (non-hydrogen) atoms. The minimum Gasteiger partial charge on any atom is -0.338 e. The zero-order chi connectivity index (χ0) is 12.5. The average Bonchev–Trinajstić information content (AvgIpc) is 2.72. The molecule has 0 aliphatic heterocycles. The third-order valence-electron chi connectivity index (χ3n) is 3.25. The zero-order valence-electron chi connectivity index (χ0n) is 11.6. The van der Waals surface area contributed by atoms with Crippen LogP contribution in [0.2, 0.25) is 0 Å². The van der Waals surface area contributed by atoms with E-state index in [2.05, 4.69) is 35.8 Å². The minimum absolute atomic E-state index is 0.795. The molecule has 0 spiro atoms. The Morgan fingerprint density at radius 3 is 2.71 bits per heavy atom. The molecule has 1 heterocycles. The summed E-state index contributed by atoms with van der Waals surface area (Å²) in [4.78, 5) is 4.39. The van der Waals surface area contributed by atoms with Crippen molar-refractivity contribution in [3.63, 3.8) is 0 Å². The molecule has 1 unspecified atom stereocenters. The molecule has 1 atom stereocenters. The highest BCUT2D eigenvalue weighted by molar-refractivity contribution is 4.91. The molecule has 0 fully saturated rings. The van der Waals surface area contributed by atoms with Gasteiger partial charge in [0, 0.05) is 25.9 Å². The Labute approximate surface area is 106 Å². The number of nitrogens with one attached hydrogen (secondary N) is 1. The molecule has 0 saturated carbocycles. The van der Waals surface area contributed by atoms with E-state index in [1.807, 2.05) is 12.4 Å². The van der Waals surface area contributed by atoms with Gasteiger partial charge in [-0.25, -0.2) is 4.98 Å². The Morgan fingerprint density at radius 2 is 2.12 bits per heavy atom. The SMILES string of the molecule is CCCNCC(CCC)CCc1nccn1C. The van der Waals surface area contributed by atoms with Crippen LogP contribution in [0.5, 0.6) is 0 Å². The Bertz CT molecular complexity index is 293. The summed E-state index contributed by atoms with van der Waals surface area (Å²) in [5.41, 5.74) is 0. The van der Waals surface area contributed by atoms with Crippen molar-refractivity contribution >= 4 is 0 Å². The van der Waals surface area contributed by atoms with Crippen LogP contribution < -0.4 is 5.32 Å². The molecule has 3 heteroatoms. The predicted octanol–water partition coefficient (Wildman–Crippen LogP) is 2.77. The quantitative estimate of drug-likeness (QED) is 0.669. The number of aryl methyl sites for hydroxylation is 2. The molecular formula is C14H27N3. The lowest BCUT2D eigenvalue weighted by Gasteiger charge is -2.16. The van der Waals surface area contributed by atoms with Crippen molar-refractivity contribution in [2.45, 2.75) is 46.0 Å². The molecule has 0 radical (unpaired) electrons. The molecule has 98 valence electrons. The van der Waals surface area contributed by atoms with E-state index in [1.54, 1.807) is 0 Å². The number of nitrogens with zero attached hydrogens (tertiary/aromatic N) is 2. The van der Waals surface area contributed by atoms with Crippen LogP contribution in [0, 0.1) is 5.92 Å². The number of imidazole rings is 1. The molecule has 0 bridgehead atoms. The van der Waals surface area contributed by atoms with Gasteiger partial charge in [0.25, 0.3) is 0 Å². The van der Waals surface area contributed by atoms with Crippen LogP contribution in [0.25, 0.3) is 0 Å². The molecular weight excluding hydrogens is 210 g/mol. The van der Waals surface area contributed by atoms with Crippen molar-refractivity contribution in [2.24, 2.45) is 13.0 Å². The van der Waals surface area contributed by atoms with E-state index in [9.17, 15) is 0 Å². The smallest absolute Gasteiger partial charge is 0.108 e. The molecule has 0 aromatic carbocycles. The molecule has 3 nitrogen and oxygen atoms in total. The maximum Gasteiger partial charge on any atom is 0.108 e. The van der Waals surface area contributed by atoms with Crippen LogP contribution in [-0.4, -0.2) is 22.6 Å². The standard InChI is InChI=1S/C14H27N3/c1-4-6-13(12-15-9-5-2)7-8-14-16-10-11-17(14)3/h10-11,13,15H,4-9,12H2,1-3H3. The molecule has 0 amide bonds. The molecule has 1 aromatic rings. The Hall–Kier alpha value is -0.830. The third-order valence-corrected chi connectivity index (χ3v) is 3.25. The lowest BCUT2D eigenvalue weighted by molar-refractivity contribution is 0.410. The van der Waals surface area contributed by atoms with Crippen LogP contribution in [-0.2, 0) is 13.5 Å². The fraction of sp³-hybridized carbons (Fsp3) is 0.786. The van der Waals surface area contributed by atoms with Gasteiger partial charge in [-0.05, 0) is 38.3 Å². The monoisotopic (exact) mass is 237 g/mol. The van der Waals surface area contributed by atoms with Gasteiger partial charge in [-0.3, -0.25) is 0 Å². The molecule has 0 aliphatic carbocycles. The Morgan fingerprint density at radius 1 is 1.29 bits per heavy atom. The second-order valence-corrected chi connectivity index (χ2v) is 4.85. The Balaban J connectivity index is 2.30. The molecule has 1 aromatic heterocycles. The van der Waals surface area contributed by atoms with Gasteiger partial charge >= 0.3 is 0 Å². The van der Waals surface area contributed by atoms with E-state index in [0.717, 1.165) is 25.4 Å². The van der Waals surface area contributed by atoms with E-state index in [-0.39, 0.29) is 0 Å². The second-order valence-electron chi connectivity index (χ2n) is 4.85. The molecule has 1 N–H and O–H groups in total. The lowest BCUT2D eigenvalue weighted by Crippen LogP contribution is -2.24. The van der Waals surface area contributed by atoms with Gasteiger partial charge in [0.1, 0.15) is 5.82 Å². The first-order valence-corrected chi connectivity index (χ1v) is 6.94. The van der Waals surface area contributed by atoms with Crippen LogP contribution in [0.15, 0.2) is 12.4 Å². The number of aromatic nitrogens is 2. The highest BCUT2D eigenvalue weighted by Gasteiger charge is 2.09. The maximum absolute atomic E-state index is 4.39. The van der Waals surface area contributed by atoms with Gasteiger partial charge in [-0.1, -0.05) is 20.3 Å². The van der Waals surface area contributed by atoms with Crippen molar-refractivity contribution in [3.8, 4) is 0 Å². The van der Waals surface area contributed by atoms with Crippen molar-refractivity contribution in [1.29, 1.82) is 0 Å². The zero-order valence-corrected chi connectivity index (χ0v) is 11.6. The highest BCUT2D eigenvalue weighted by atomic mass is 15.0. The number of hydrogen-bond donors (Lipinski definition) is 1. The largest absolute Gasteiger partial charge is 0.338 e. The van der Waals surface area contributed by atoms with E-state index >= 15 is 0 Å². The van der Waals surface area contributed by atoms with Crippen LogP contribution in [0.1, 0.15) is 45.4 Å². The summed E-state index contributed by atoms with van der Waals surface area (Å²) in [5, 5.41) is 3.54. The highest BCUT2D eigenvalue weighted by Crippen LogP contribution is 2.13. The molecule has 0 aliphatic rings. The summed E-state index contributed by atoms with van der Waals surface area (Å²) < 4.78 is 2.13. The van der Waals surface area contributed by atoms with Gasteiger partial charge in [0.05, 0.1) is 0 Å². The van der Waals surface area contributed by atoms with Gasteiger partial charge in [0.2, 0.25) is 0 Å². The van der Waals surface area contributed by atoms with Gasteiger partial charge < -0.3 is 9.88 Å². The first-order valence-electron chi connectivity index (χ1n) is 6.94. The fourth-order valence-corrected chi connectivity index (χ4v) is 2.21. The topological polar surface area (TPSA) is 29.9 Å². The van der Waals surface area contributed by atoms with Crippen molar-refractivity contribution in [2.75, 3.05) is 13.1 Å². The first kappa shape index (κ1) is 14.2. The van der Waals surface area contributed by atoms with Crippen molar-refractivity contribution in [3.05, 3.63) is 18.2 Å². The molecule has 0 saturated heterocycles. The van der Waals surface area contributed by atoms with Gasteiger partial charge in [-0.2, -0.15) is 0 Å². The van der Waals surface area contributed by atoms with E-state index < -0.39 is 0 Å². The van der Waals surface area contributed by atoms with Crippen LogP contribution in [0.3, 0.4) is 0 Å². The minimum atomic E-state index is 0.795. The van der Waals surface area contributed by atoms with Gasteiger partial charge in [-0.15, -0.1) is 0 Å². The predicted molar refractivity (Wildman–Crippen MR) is 73.1 cm³/mol. The summed E-state index contributed by atoms with van der Waals surface area (Å²) in [5.74, 6) is 2.00. The van der Waals surface area contributed by atoms with Crippen LogP contribution in [0.4, 0.5) is 0 Å². The van der Waals surface area contributed by atoms with Crippen molar-refractivity contribution in [1.82, 2.24) is 14.9 Å². The lowest BCUT2D eigenvalue weighted by atomic mass is 9.97. The second kappa shape index (κ2) is 8.29. The summed E-state index contributed by atoms with van der Waals surface area (Å²) >= 11 is 0. The third kappa shape index (κ3) is 5.35. The average molecular weight is 237 g/mol. The normalized spacial score (nSPS) is 12.9. The van der Waals surface area contributed by atoms with E-state index in [0.29, 0.717) is 0 Å². The summed E-state index contributed by atoms with van der Waals surface area (Å²) in [7, 11) is 2.08. The fourth-order valence-electron chi connectivity index (χ4n) is 2.21. The Kier molecular flexibility index (Phi) is 6.94. The van der Waals surface area contributed by atoms with Crippen molar-refractivity contribution < 1.29 is 0 Å². The van der Waals surface area contributed by atoms with Gasteiger partial charge in [0.15, 0.2) is 0 Å². The number of hydrogen-bond acceptors (Lipinski definition) is 2. The van der Waals surface area contributed by atoms with Crippen LogP contribution >= 0.6 is 0 Å². The van der Waals surface area contributed by atoms with E-state index in [4.69, 9.17) is 0 Å². The maximum atomic E-state index is 4.39.